The van der Waals surface area contributed by atoms with E-state index in [9.17, 15) is 0 Å². The number of hydrogen-bond donors (Lipinski definition) is 0. The molecule has 0 radical (unpaired) electrons. The van der Waals surface area contributed by atoms with E-state index in [4.69, 9.17) is 0 Å². The summed E-state index contributed by atoms with van der Waals surface area (Å²) in [6.45, 7) is 28.8. The maximum absolute atomic E-state index is 2.86. The predicted octanol–water partition coefficient (Wildman–Crippen LogP) is 6.42. The molecular weight excluding hydrogens is 282 g/mol. The lowest BCUT2D eigenvalue weighted by Crippen LogP contribution is -2.59. The molecule has 0 aromatic rings. The van der Waals surface area contributed by atoms with Gasteiger partial charge in [0.05, 0.1) is 16.4 Å². The molecule has 1 aliphatic heterocycles. The van der Waals surface area contributed by atoms with Crippen molar-refractivity contribution in [2.24, 2.45) is 0 Å². The summed E-state index contributed by atoms with van der Waals surface area (Å²) >= 11 is 0. The molecule has 0 aromatic carbocycles. The average Bonchev–Trinajstić information content (AvgIpc) is 1.86. The van der Waals surface area contributed by atoms with Crippen LogP contribution in [0.4, 0.5) is 0 Å². The van der Waals surface area contributed by atoms with Crippen LogP contribution in [0.5, 0.6) is 0 Å². The Hall–Kier alpha value is 0.780. The fourth-order valence-electron chi connectivity index (χ4n) is 2.56. The lowest BCUT2D eigenvalue weighted by atomic mass is 10.1. The van der Waals surface area contributed by atoms with Crippen molar-refractivity contribution in [2.45, 2.75) is 104 Å². The minimum absolute atomic E-state index is 0.250. The largest absolute Gasteiger partial charge is 0.228 e. The third-order valence-corrected chi connectivity index (χ3v) is 11.4. The van der Waals surface area contributed by atoms with Crippen molar-refractivity contribution in [3.05, 3.63) is 0 Å². The van der Waals surface area contributed by atoms with Gasteiger partial charge in [-0.25, -0.2) is 8.88 Å². The van der Waals surface area contributed by atoms with E-state index in [0.717, 1.165) is 0 Å². The summed E-state index contributed by atoms with van der Waals surface area (Å²) in [7, 11) is -0.500. The molecule has 4 heteroatoms. The predicted molar refractivity (Wildman–Crippen MR) is 96.5 cm³/mol. The van der Waals surface area contributed by atoms with E-state index in [1.54, 1.807) is 0 Å². The molecule has 1 aliphatic rings. The van der Waals surface area contributed by atoms with Crippen LogP contribution in [-0.2, 0) is 0 Å². The molecule has 0 saturated carbocycles. The molecule has 0 N–H and O–H groups in total. The summed E-state index contributed by atoms with van der Waals surface area (Å²) in [4.78, 5) is 0. The Balaban J connectivity index is 3.33. The van der Waals surface area contributed by atoms with Crippen LogP contribution >= 0.6 is 16.4 Å². The van der Waals surface area contributed by atoms with Crippen LogP contribution in [0.15, 0.2) is 0 Å². The van der Waals surface area contributed by atoms with Crippen molar-refractivity contribution in [1.82, 2.24) is 8.88 Å². The SMILES string of the molecule is CC(C)(C)N1P(C(C)(C)C)N(C(C)(C)C)P1C(C)(C)C. The van der Waals surface area contributed by atoms with Gasteiger partial charge in [0.1, 0.15) is 0 Å². The van der Waals surface area contributed by atoms with E-state index >= 15 is 0 Å². The highest BCUT2D eigenvalue weighted by Crippen LogP contribution is 2.87. The van der Waals surface area contributed by atoms with Crippen molar-refractivity contribution in [3.8, 4) is 0 Å². The second kappa shape index (κ2) is 5.16. The first-order valence-electron chi connectivity index (χ1n) is 7.69. The molecule has 0 atom stereocenters. The number of hydrogen-bond acceptors (Lipinski definition) is 2. The Morgan fingerprint density at radius 3 is 0.750 bits per heavy atom. The zero-order valence-electron chi connectivity index (χ0n) is 15.8. The van der Waals surface area contributed by atoms with Crippen LogP contribution in [0.25, 0.3) is 0 Å². The molecular formula is C16H36N2P2. The van der Waals surface area contributed by atoms with Crippen LogP contribution < -0.4 is 0 Å². The molecule has 1 fully saturated rings. The summed E-state index contributed by atoms with van der Waals surface area (Å²) in [6.07, 6.45) is 0. The van der Waals surface area contributed by atoms with Gasteiger partial charge < -0.3 is 0 Å². The third-order valence-electron chi connectivity index (χ3n) is 3.12. The Morgan fingerprint density at radius 2 is 0.650 bits per heavy atom. The van der Waals surface area contributed by atoms with Crippen molar-refractivity contribution in [1.29, 1.82) is 0 Å². The zero-order valence-corrected chi connectivity index (χ0v) is 17.6. The molecule has 0 amide bonds. The van der Waals surface area contributed by atoms with E-state index in [2.05, 4.69) is 92.0 Å². The highest BCUT2D eigenvalue weighted by atomic mass is 31.3. The van der Waals surface area contributed by atoms with Gasteiger partial charge in [-0.2, -0.15) is 0 Å². The van der Waals surface area contributed by atoms with Crippen LogP contribution in [-0.4, -0.2) is 30.3 Å². The van der Waals surface area contributed by atoms with Gasteiger partial charge in [0, 0.05) is 21.4 Å². The first-order chi connectivity index (χ1) is 8.49. The summed E-state index contributed by atoms with van der Waals surface area (Å²) in [6, 6.07) is 0. The molecule has 0 spiro atoms. The van der Waals surface area contributed by atoms with Gasteiger partial charge in [-0.15, -0.1) is 0 Å². The van der Waals surface area contributed by atoms with Crippen molar-refractivity contribution < 1.29 is 0 Å². The van der Waals surface area contributed by atoms with Crippen molar-refractivity contribution in [2.75, 3.05) is 0 Å². The normalized spacial score (nSPS) is 27.6. The first kappa shape index (κ1) is 18.8. The summed E-state index contributed by atoms with van der Waals surface area (Å²) < 4.78 is 5.73. The highest BCUT2D eigenvalue weighted by molar-refractivity contribution is 7.84. The quantitative estimate of drug-likeness (QED) is 0.475. The van der Waals surface area contributed by atoms with Gasteiger partial charge in [-0.3, -0.25) is 0 Å². The van der Waals surface area contributed by atoms with Gasteiger partial charge in [0.15, 0.2) is 0 Å². The first-order valence-corrected chi connectivity index (χ1v) is 10.2. The summed E-state index contributed by atoms with van der Waals surface area (Å²) in [5, 5.41) is 0.667. The monoisotopic (exact) mass is 318 g/mol. The minimum Gasteiger partial charge on any atom is -0.228 e. The highest BCUT2D eigenvalue weighted by Gasteiger charge is 2.62. The zero-order chi connectivity index (χ0) is 16.3. The van der Waals surface area contributed by atoms with Gasteiger partial charge in [-0.1, -0.05) is 41.5 Å². The maximum Gasteiger partial charge on any atom is 0.0556 e. The topological polar surface area (TPSA) is 6.48 Å². The summed E-state index contributed by atoms with van der Waals surface area (Å²) in [5.74, 6) is 0. The van der Waals surface area contributed by atoms with Gasteiger partial charge in [-0.05, 0) is 41.5 Å². The van der Waals surface area contributed by atoms with E-state index < -0.39 is 0 Å². The smallest absolute Gasteiger partial charge is 0.0556 e. The second-order valence-electron chi connectivity index (χ2n) is 9.84. The molecule has 120 valence electrons. The Labute approximate surface area is 130 Å². The van der Waals surface area contributed by atoms with Crippen LogP contribution in [0.2, 0.25) is 0 Å². The lowest BCUT2D eigenvalue weighted by Gasteiger charge is -2.71. The van der Waals surface area contributed by atoms with E-state index in [0.29, 0.717) is 10.3 Å². The molecule has 20 heavy (non-hydrogen) atoms. The summed E-state index contributed by atoms with van der Waals surface area (Å²) in [5.41, 5.74) is 0.499. The number of rotatable bonds is 0. The average molecular weight is 318 g/mol. The minimum atomic E-state index is -0.250. The van der Waals surface area contributed by atoms with Crippen molar-refractivity contribution >= 4 is 16.4 Å². The third kappa shape index (κ3) is 3.57. The Morgan fingerprint density at radius 1 is 0.450 bits per heavy atom. The molecule has 1 heterocycles. The fraction of sp³-hybridized carbons (Fsp3) is 1.00. The maximum atomic E-state index is 2.86. The van der Waals surface area contributed by atoms with Crippen LogP contribution in [0, 0.1) is 0 Å². The molecule has 0 aromatic heterocycles. The second-order valence-corrected chi connectivity index (χ2v) is 15.9. The standard InChI is InChI=1S/C16H36N2P2/c1-13(2,3)17-19(15(7,8)9)18(14(4,5)6)20(17)16(10,11)12/h1-12H3. The van der Waals surface area contributed by atoms with E-state index in [1.165, 1.54) is 0 Å². The molecule has 0 aliphatic carbocycles. The van der Waals surface area contributed by atoms with Gasteiger partial charge in [0.25, 0.3) is 0 Å². The van der Waals surface area contributed by atoms with E-state index in [-0.39, 0.29) is 27.5 Å². The molecule has 0 unspecified atom stereocenters. The van der Waals surface area contributed by atoms with Gasteiger partial charge in [0.2, 0.25) is 0 Å². The molecule has 0 bridgehead atoms. The Kier molecular flexibility index (Phi) is 4.85. The fourth-order valence-corrected chi connectivity index (χ4v) is 12.4. The molecule has 2 nitrogen and oxygen atoms in total. The molecule has 1 saturated heterocycles. The van der Waals surface area contributed by atoms with E-state index in [1.807, 2.05) is 0 Å². The lowest BCUT2D eigenvalue weighted by molar-refractivity contribution is 0.264. The van der Waals surface area contributed by atoms with Crippen molar-refractivity contribution in [3.63, 3.8) is 0 Å². The van der Waals surface area contributed by atoms with Crippen LogP contribution in [0.3, 0.4) is 0 Å². The Bertz CT molecular complexity index is 273. The molecule has 1 rings (SSSR count). The number of nitrogens with zero attached hydrogens (tertiary/aromatic N) is 2. The van der Waals surface area contributed by atoms with Crippen LogP contribution in [0.1, 0.15) is 83.1 Å². The van der Waals surface area contributed by atoms with Gasteiger partial charge >= 0.3 is 0 Å².